The Morgan fingerprint density at radius 2 is 2.09 bits per heavy atom. The van der Waals surface area contributed by atoms with Crippen molar-refractivity contribution in [2.24, 2.45) is 5.41 Å². The Kier molecular flexibility index (Phi) is 4.20. The van der Waals surface area contributed by atoms with Gasteiger partial charge < -0.3 is 4.74 Å². The average molecular weight is 316 g/mol. The molecule has 1 aliphatic heterocycles. The van der Waals surface area contributed by atoms with Crippen molar-refractivity contribution in [2.45, 2.75) is 39.6 Å². The molecule has 0 spiro atoms. The van der Waals surface area contributed by atoms with E-state index in [0.29, 0.717) is 17.9 Å². The summed E-state index contributed by atoms with van der Waals surface area (Å²) in [6, 6.07) is 2.01. The molecule has 1 aromatic heterocycles. The second-order valence-corrected chi connectivity index (χ2v) is 12.6. The van der Waals surface area contributed by atoms with Crippen molar-refractivity contribution in [1.29, 1.82) is 0 Å². The number of nitrogens with zero attached hydrogens (tertiary/aromatic N) is 2. The Balaban J connectivity index is 2.47. The lowest BCUT2D eigenvalue weighted by Crippen LogP contribution is -2.39. The monoisotopic (exact) mass is 316 g/mol. The molecule has 0 saturated carbocycles. The van der Waals surface area contributed by atoms with Gasteiger partial charge >= 0.3 is 0 Å². The highest BCUT2D eigenvalue weighted by Gasteiger charge is 2.48. The Morgan fingerprint density at radius 1 is 1.45 bits per heavy atom. The number of ether oxygens (including phenoxy) is 1. The molecule has 1 saturated heterocycles. The summed E-state index contributed by atoms with van der Waals surface area (Å²) in [7, 11) is 0.0717. The number of hydrogen-bond acceptors (Lipinski definition) is 3. The molecule has 0 N–H and O–H groups in total. The summed E-state index contributed by atoms with van der Waals surface area (Å²) in [6.45, 7) is 11.3. The number of rotatable bonds is 3. The summed E-state index contributed by atoms with van der Waals surface area (Å²) in [5.41, 5.74) is 0.414. The molecule has 1 unspecified atom stereocenters. The Hall–Kier alpha value is -1.64. The fourth-order valence-corrected chi connectivity index (χ4v) is 3.86. The van der Waals surface area contributed by atoms with Crippen LogP contribution in [0.25, 0.3) is 0 Å². The molecular formula is C17H24N2O2Si. The molecule has 1 aromatic rings. The average Bonchev–Trinajstić information content (AvgIpc) is 2.66. The molecule has 2 heterocycles. The van der Waals surface area contributed by atoms with E-state index in [1.165, 1.54) is 5.19 Å². The van der Waals surface area contributed by atoms with Crippen LogP contribution in [0.5, 0.6) is 0 Å². The Morgan fingerprint density at radius 3 is 2.55 bits per heavy atom. The zero-order chi connectivity index (χ0) is 16.7. The first-order chi connectivity index (χ1) is 10.1. The fourth-order valence-electron chi connectivity index (χ4n) is 2.83. The van der Waals surface area contributed by atoms with Gasteiger partial charge in [-0.25, -0.2) is 4.98 Å². The molecule has 0 bridgehead atoms. The normalized spacial score (nSPS) is 21.0. The molecule has 1 fully saturated rings. The van der Waals surface area contributed by atoms with Crippen LogP contribution in [0.15, 0.2) is 12.3 Å². The molecule has 4 nitrogen and oxygen atoms in total. The maximum atomic E-state index is 12.6. The van der Waals surface area contributed by atoms with E-state index < -0.39 is 14.2 Å². The summed E-state index contributed by atoms with van der Waals surface area (Å²) in [5.74, 6) is 3.19. The van der Waals surface area contributed by atoms with Gasteiger partial charge in [-0.2, -0.15) is 0 Å². The van der Waals surface area contributed by atoms with E-state index in [2.05, 4.69) is 30.5 Å². The summed E-state index contributed by atoms with van der Waals surface area (Å²) >= 11 is 0. The number of aromatic nitrogens is 1. The van der Waals surface area contributed by atoms with Crippen LogP contribution in [-0.4, -0.2) is 38.7 Å². The molecule has 1 atom stereocenters. The van der Waals surface area contributed by atoms with E-state index in [-0.39, 0.29) is 11.3 Å². The number of anilines is 1. The number of pyridine rings is 1. The van der Waals surface area contributed by atoms with Gasteiger partial charge in [0.15, 0.2) is 5.82 Å². The summed E-state index contributed by atoms with van der Waals surface area (Å²) < 4.78 is 5.38. The van der Waals surface area contributed by atoms with E-state index >= 15 is 0 Å². The van der Waals surface area contributed by atoms with Crippen LogP contribution < -0.4 is 10.1 Å². The highest BCUT2D eigenvalue weighted by atomic mass is 28.3. The zero-order valence-corrected chi connectivity index (χ0v) is 15.2. The number of terminal acetylenes is 1. The zero-order valence-electron chi connectivity index (χ0n) is 14.2. The van der Waals surface area contributed by atoms with Crippen LogP contribution in [0.4, 0.5) is 5.82 Å². The number of carbonyl (C=O) groups is 1. The van der Waals surface area contributed by atoms with Crippen LogP contribution in [0, 0.1) is 17.8 Å². The predicted octanol–water partition coefficient (Wildman–Crippen LogP) is 2.00. The molecule has 0 aliphatic carbocycles. The van der Waals surface area contributed by atoms with Crippen LogP contribution in [0.2, 0.25) is 19.6 Å². The van der Waals surface area contributed by atoms with E-state index in [1.54, 1.807) is 12.0 Å². The van der Waals surface area contributed by atoms with Gasteiger partial charge in [-0.05, 0) is 11.3 Å². The van der Waals surface area contributed by atoms with Crippen molar-refractivity contribution >= 4 is 25.0 Å². The van der Waals surface area contributed by atoms with Gasteiger partial charge in [0.05, 0.1) is 13.6 Å². The smallest absolute Gasteiger partial charge is 0.257 e. The maximum Gasteiger partial charge on any atom is 0.257 e. The molecule has 1 amide bonds. The van der Waals surface area contributed by atoms with Crippen molar-refractivity contribution in [3.05, 3.63) is 17.8 Å². The third-order valence-electron chi connectivity index (χ3n) is 4.15. The van der Waals surface area contributed by atoms with Crippen molar-refractivity contribution in [3.8, 4) is 12.3 Å². The molecule has 1 aliphatic rings. The topological polar surface area (TPSA) is 42.4 Å². The minimum absolute atomic E-state index is 0.0720. The molecule has 118 valence electrons. The quantitative estimate of drug-likeness (QED) is 0.633. The summed E-state index contributed by atoms with van der Waals surface area (Å²) in [6.07, 6.45) is 7.07. The lowest BCUT2D eigenvalue weighted by atomic mass is 9.90. The van der Waals surface area contributed by atoms with Crippen LogP contribution >= 0.6 is 0 Å². The molecule has 0 radical (unpaired) electrons. The van der Waals surface area contributed by atoms with Crippen LogP contribution in [-0.2, 0) is 9.53 Å². The number of hydrogen-bond donors (Lipinski definition) is 0. The minimum Gasteiger partial charge on any atom is -0.371 e. The summed E-state index contributed by atoms with van der Waals surface area (Å²) in [4.78, 5) is 18.8. The standard InChI is InChI=1S/C17H24N2O2Si/c1-8-12-9-13(22(5,6)7)10-18-15(12)19-11-17(2,3)14(21-4)16(19)20/h1,9-10,14H,11H2,2-7H3. The van der Waals surface area contributed by atoms with Gasteiger partial charge in [0.25, 0.3) is 5.91 Å². The first kappa shape index (κ1) is 16.7. The molecule has 2 rings (SSSR count). The highest BCUT2D eigenvalue weighted by molar-refractivity contribution is 6.88. The third-order valence-corrected chi connectivity index (χ3v) is 6.15. The first-order valence-electron chi connectivity index (χ1n) is 7.43. The number of carbonyl (C=O) groups excluding carboxylic acids is 1. The largest absolute Gasteiger partial charge is 0.371 e. The Labute approximate surface area is 133 Å². The lowest BCUT2D eigenvalue weighted by Gasteiger charge is -2.22. The van der Waals surface area contributed by atoms with E-state index in [4.69, 9.17) is 11.2 Å². The minimum atomic E-state index is -1.50. The predicted molar refractivity (Wildman–Crippen MR) is 92.1 cm³/mol. The van der Waals surface area contributed by atoms with E-state index in [1.807, 2.05) is 26.1 Å². The number of methoxy groups -OCH3 is 1. The van der Waals surface area contributed by atoms with Gasteiger partial charge in [-0.3, -0.25) is 9.69 Å². The van der Waals surface area contributed by atoms with Crippen molar-refractivity contribution in [2.75, 3.05) is 18.6 Å². The SMILES string of the molecule is C#Cc1cc([Si](C)(C)C)cnc1N1CC(C)(C)C(OC)C1=O. The van der Waals surface area contributed by atoms with Gasteiger partial charge in [-0.15, -0.1) is 6.42 Å². The third kappa shape index (κ3) is 2.81. The lowest BCUT2D eigenvalue weighted by molar-refractivity contribution is -0.128. The summed E-state index contributed by atoms with van der Waals surface area (Å²) in [5, 5.41) is 1.19. The van der Waals surface area contributed by atoms with E-state index in [9.17, 15) is 4.79 Å². The highest BCUT2D eigenvalue weighted by Crippen LogP contribution is 2.35. The molecular weight excluding hydrogens is 292 g/mol. The van der Waals surface area contributed by atoms with E-state index in [0.717, 1.165) is 0 Å². The van der Waals surface area contributed by atoms with Gasteiger partial charge in [0.2, 0.25) is 0 Å². The first-order valence-corrected chi connectivity index (χ1v) is 10.9. The fraction of sp³-hybridized carbons (Fsp3) is 0.529. The molecule has 22 heavy (non-hydrogen) atoms. The van der Waals surface area contributed by atoms with Crippen LogP contribution in [0.1, 0.15) is 19.4 Å². The number of amides is 1. The van der Waals surface area contributed by atoms with Gasteiger partial charge in [-0.1, -0.05) is 39.4 Å². The Bertz CT molecular complexity index is 641. The van der Waals surface area contributed by atoms with Crippen molar-refractivity contribution in [1.82, 2.24) is 4.98 Å². The second kappa shape index (κ2) is 5.53. The van der Waals surface area contributed by atoms with Crippen molar-refractivity contribution in [3.63, 3.8) is 0 Å². The molecule has 0 aromatic carbocycles. The maximum absolute atomic E-state index is 12.6. The van der Waals surface area contributed by atoms with Crippen LogP contribution in [0.3, 0.4) is 0 Å². The molecule has 5 heteroatoms. The van der Waals surface area contributed by atoms with Gasteiger partial charge in [0, 0.05) is 25.3 Å². The van der Waals surface area contributed by atoms with Gasteiger partial charge in [0.1, 0.15) is 6.10 Å². The second-order valence-electron chi connectivity index (χ2n) is 7.52. The van der Waals surface area contributed by atoms with Crippen molar-refractivity contribution < 1.29 is 9.53 Å².